The Kier molecular flexibility index (Phi) is 5.82. The van der Waals surface area contributed by atoms with Crippen LogP contribution in [0, 0.1) is 0 Å². The van der Waals surface area contributed by atoms with E-state index < -0.39 is 17.3 Å². The first kappa shape index (κ1) is 16.6. The Bertz CT molecular complexity index is 619. The Morgan fingerprint density at radius 3 is 2.52 bits per heavy atom. The Hall–Kier alpha value is -2.45. The standard InChI is InChI=1S/C12H22N6O3/c1-3-4-7-18-9(13)8(10(19)17(2)12(18)21)15-5-6-16-11(14)20/h15H,3-7,13H2,1-2H3,(H3,14,16,20). The summed E-state index contributed by atoms with van der Waals surface area (Å²) in [5.74, 6) is 0.107. The van der Waals surface area contributed by atoms with Gasteiger partial charge in [-0.1, -0.05) is 13.3 Å². The Labute approximate surface area is 121 Å². The van der Waals surface area contributed by atoms with Gasteiger partial charge in [0.2, 0.25) is 0 Å². The van der Waals surface area contributed by atoms with E-state index in [1.807, 2.05) is 6.92 Å². The third kappa shape index (κ3) is 4.01. The molecule has 0 spiro atoms. The molecule has 0 fully saturated rings. The average Bonchev–Trinajstić information content (AvgIpc) is 2.44. The number of aromatic nitrogens is 2. The molecular weight excluding hydrogens is 276 g/mol. The van der Waals surface area contributed by atoms with E-state index in [9.17, 15) is 14.4 Å². The fourth-order valence-electron chi connectivity index (χ4n) is 1.85. The maximum absolute atomic E-state index is 12.1. The van der Waals surface area contributed by atoms with Gasteiger partial charge in [-0.15, -0.1) is 0 Å². The maximum atomic E-state index is 12.1. The molecule has 1 heterocycles. The zero-order valence-electron chi connectivity index (χ0n) is 12.3. The zero-order chi connectivity index (χ0) is 16.0. The number of anilines is 2. The molecule has 0 aromatic carbocycles. The van der Waals surface area contributed by atoms with Crippen molar-refractivity contribution in [2.45, 2.75) is 26.3 Å². The Morgan fingerprint density at radius 2 is 1.95 bits per heavy atom. The van der Waals surface area contributed by atoms with Crippen LogP contribution >= 0.6 is 0 Å². The molecule has 0 saturated carbocycles. The van der Waals surface area contributed by atoms with Crippen LogP contribution in [0.4, 0.5) is 16.3 Å². The minimum atomic E-state index is -0.648. The van der Waals surface area contributed by atoms with Crippen LogP contribution in [0.15, 0.2) is 9.59 Å². The molecule has 21 heavy (non-hydrogen) atoms. The molecule has 0 aliphatic rings. The van der Waals surface area contributed by atoms with Crippen LogP contribution in [-0.4, -0.2) is 28.3 Å². The molecule has 2 amide bonds. The minimum absolute atomic E-state index is 0.107. The van der Waals surface area contributed by atoms with Crippen LogP contribution in [0.2, 0.25) is 0 Å². The average molecular weight is 298 g/mol. The van der Waals surface area contributed by atoms with Crippen molar-refractivity contribution in [1.29, 1.82) is 0 Å². The number of nitrogens with one attached hydrogen (secondary N) is 2. The van der Waals surface area contributed by atoms with Gasteiger partial charge in [0.15, 0.2) is 0 Å². The van der Waals surface area contributed by atoms with Gasteiger partial charge in [-0.05, 0) is 6.42 Å². The third-order valence-corrected chi connectivity index (χ3v) is 3.04. The quantitative estimate of drug-likeness (QED) is 0.479. The predicted octanol–water partition coefficient (Wildman–Crippen LogP) is -0.990. The van der Waals surface area contributed by atoms with Crippen LogP contribution in [-0.2, 0) is 13.6 Å². The molecule has 118 valence electrons. The lowest BCUT2D eigenvalue weighted by atomic mass is 10.3. The van der Waals surface area contributed by atoms with Crippen molar-refractivity contribution in [3.8, 4) is 0 Å². The first-order valence-electron chi connectivity index (χ1n) is 6.76. The Balaban J connectivity index is 3.02. The molecular formula is C12H22N6O3. The van der Waals surface area contributed by atoms with E-state index in [0.717, 1.165) is 17.4 Å². The number of primary amides is 1. The number of rotatable bonds is 7. The van der Waals surface area contributed by atoms with E-state index in [1.54, 1.807) is 0 Å². The lowest BCUT2D eigenvalue weighted by molar-refractivity contribution is 0.249. The maximum Gasteiger partial charge on any atom is 0.332 e. The Morgan fingerprint density at radius 1 is 1.29 bits per heavy atom. The summed E-state index contributed by atoms with van der Waals surface area (Å²) in [6, 6.07) is -0.648. The van der Waals surface area contributed by atoms with E-state index in [-0.39, 0.29) is 24.6 Å². The highest BCUT2D eigenvalue weighted by atomic mass is 16.2. The highest BCUT2D eigenvalue weighted by Gasteiger charge is 2.14. The predicted molar refractivity (Wildman–Crippen MR) is 81.3 cm³/mol. The third-order valence-electron chi connectivity index (χ3n) is 3.04. The number of nitrogen functional groups attached to an aromatic ring is 1. The summed E-state index contributed by atoms with van der Waals surface area (Å²) < 4.78 is 2.38. The number of hydrogen-bond acceptors (Lipinski definition) is 5. The molecule has 0 aliphatic heterocycles. The molecule has 0 unspecified atom stereocenters. The summed E-state index contributed by atoms with van der Waals surface area (Å²) in [6.07, 6.45) is 1.69. The first-order valence-corrected chi connectivity index (χ1v) is 6.76. The summed E-state index contributed by atoms with van der Waals surface area (Å²) in [7, 11) is 1.40. The molecule has 1 rings (SSSR count). The highest BCUT2D eigenvalue weighted by Crippen LogP contribution is 2.10. The smallest absolute Gasteiger partial charge is 0.332 e. The van der Waals surface area contributed by atoms with Crippen LogP contribution in [0.1, 0.15) is 19.8 Å². The van der Waals surface area contributed by atoms with Crippen molar-refractivity contribution in [3.63, 3.8) is 0 Å². The number of nitrogens with two attached hydrogens (primary N) is 2. The van der Waals surface area contributed by atoms with Gasteiger partial charge in [-0.3, -0.25) is 13.9 Å². The molecule has 1 aromatic heterocycles. The monoisotopic (exact) mass is 298 g/mol. The largest absolute Gasteiger partial charge is 0.383 e. The number of amides is 2. The molecule has 0 radical (unpaired) electrons. The van der Waals surface area contributed by atoms with Gasteiger partial charge in [0.25, 0.3) is 5.56 Å². The molecule has 9 heteroatoms. The van der Waals surface area contributed by atoms with Crippen molar-refractivity contribution >= 4 is 17.5 Å². The fraction of sp³-hybridized carbons (Fsp3) is 0.583. The summed E-state index contributed by atoms with van der Waals surface area (Å²) in [5, 5.41) is 5.22. The zero-order valence-corrected chi connectivity index (χ0v) is 12.3. The van der Waals surface area contributed by atoms with Gasteiger partial charge in [-0.2, -0.15) is 0 Å². The second-order valence-electron chi connectivity index (χ2n) is 4.63. The van der Waals surface area contributed by atoms with E-state index in [2.05, 4.69) is 10.6 Å². The van der Waals surface area contributed by atoms with Crippen molar-refractivity contribution < 1.29 is 4.79 Å². The summed E-state index contributed by atoms with van der Waals surface area (Å²) in [5.41, 5.74) is 10.1. The van der Waals surface area contributed by atoms with Crippen LogP contribution < -0.4 is 33.3 Å². The van der Waals surface area contributed by atoms with Gasteiger partial charge in [0.1, 0.15) is 11.5 Å². The van der Waals surface area contributed by atoms with Gasteiger partial charge in [0, 0.05) is 26.7 Å². The molecule has 0 bridgehead atoms. The van der Waals surface area contributed by atoms with Gasteiger partial charge in [0.05, 0.1) is 0 Å². The molecule has 1 aromatic rings. The molecule has 0 aliphatic carbocycles. The number of hydrogen-bond donors (Lipinski definition) is 4. The fourth-order valence-corrected chi connectivity index (χ4v) is 1.85. The highest BCUT2D eigenvalue weighted by molar-refractivity contribution is 5.71. The summed E-state index contributed by atoms with van der Waals surface area (Å²) >= 11 is 0. The van der Waals surface area contributed by atoms with Crippen molar-refractivity contribution in [1.82, 2.24) is 14.5 Å². The van der Waals surface area contributed by atoms with Crippen LogP contribution in [0.25, 0.3) is 0 Å². The molecule has 0 saturated heterocycles. The van der Waals surface area contributed by atoms with Gasteiger partial charge >= 0.3 is 11.7 Å². The van der Waals surface area contributed by atoms with E-state index in [0.29, 0.717) is 6.54 Å². The first-order chi connectivity index (χ1) is 9.90. The number of carbonyl (C=O) groups is 1. The molecule has 0 atom stereocenters. The minimum Gasteiger partial charge on any atom is -0.383 e. The van der Waals surface area contributed by atoms with Crippen molar-refractivity contribution in [3.05, 3.63) is 20.8 Å². The van der Waals surface area contributed by atoms with Crippen LogP contribution in [0.5, 0.6) is 0 Å². The van der Waals surface area contributed by atoms with Gasteiger partial charge < -0.3 is 22.1 Å². The molecule has 9 nitrogen and oxygen atoms in total. The van der Waals surface area contributed by atoms with E-state index in [4.69, 9.17) is 11.5 Å². The van der Waals surface area contributed by atoms with E-state index >= 15 is 0 Å². The number of urea groups is 1. The number of unbranched alkanes of at least 4 members (excludes halogenated alkanes) is 1. The number of nitrogens with zero attached hydrogens (tertiary/aromatic N) is 2. The lowest BCUT2D eigenvalue weighted by Gasteiger charge is -2.15. The topological polar surface area (TPSA) is 137 Å². The second-order valence-corrected chi connectivity index (χ2v) is 4.63. The normalized spacial score (nSPS) is 10.4. The summed E-state index contributed by atoms with van der Waals surface area (Å²) in [4.78, 5) is 34.7. The van der Waals surface area contributed by atoms with E-state index in [1.165, 1.54) is 11.6 Å². The van der Waals surface area contributed by atoms with Crippen molar-refractivity contribution in [2.75, 3.05) is 24.1 Å². The van der Waals surface area contributed by atoms with Gasteiger partial charge in [-0.25, -0.2) is 9.59 Å². The lowest BCUT2D eigenvalue weighted by Crippen LogP contribution is -2.41. The second kappa shape index (κ2) is 7.36. The summed E-state index contributed by atoms with van der Waals surface area (Å²) in [6.45, 7) is 2.96. The molecule has 6 N–H and O–H groups in total. The number of carbonyl (C=O) groups excluding carboxylic acids is 1. The van der Waals surface area contributed by atoms with Crippen LogP contribution in [0.3, 0.4) is 0 Å². The SMILES string of the molecule is CCCCn1c(N)c(NCCNC(N)=O)c(=O)n(C)c1=O. The van der Waals surface area contributed by atoms with Crippen molar-refractivity contribution in [2.24, 2.45) is 12.8 Å².